The monoisotopic (exact) mass is 291 g/mol. The van der Waals surface area contributed by atoms with Crippen LogP contribution in [0.25, 0.3) is 0 Å². The molecule has 4 nitrogen and oxygen atoms in total. The van der Waals surface area contributed by atoms with Gasteiger partial charge in [-0.3, -0.25) is 4.90 Å². The zero-order chi connectivity index (χ0) is 15.4. The van der Waals surface area contributed by atoms with Crippen LogP contribution in [0.5, 0.6) is 5.75 Å². The Labute approximate surface area is 128 Å². The maximum absolute atomic E-state index is 6.09. The molecular formula is C17H29N3O. The fourth-order valence-corrected chi connectivity index (χ4v) is 3.15. The van der Waals surface area contributed by atoms with Gasteiger partial charge in [0.25, 0.3) is 0 Å². The van der Waals surface area contributed by atoms with Crippen molar-refractivity contribution in [2.45, 2.75) is 39.0 Å². The molecule has 1 heterocycles. The first-order valence-corrected chi connectivity index (χ1v) is 7.92. The van der Waals surface area contributed by atoms with Gasteiger partial charge in [0.05, 0.1) is 6.10 Å². The van der Waals surface area contributed by atoms with Crippen molar-refractivity contribution in [2.75, 3.05) is 33.2 Å². The fourth-order valence-electron chi connectivity index (χ4n) is 3.15. The van der Waals surface area contributed by atoms with E-state index in [-0.39, 0.29) is 12.1 Å². The minimum Gasteiger partial charge on any atom is -0.491 e. The molecule has 0 spiro atoms. The fraction of sp³-hybridized carbons (Fsp3) is 0.647. The summed E-state index contributed by atoms with van der Waals surface area (Å²) in [5, 5.41) is 0. The standard InChI is InChI=1S/C17H29N3O/c1-13(2)21-16-7-5-6-15(10-16)17(11-18)20-9-8-19(4)12-14(20)3/h5-7,10,13-14,17H,8-9,11-12,18H2,1-4H3. The van der Waals surface area contributed by atoms with E-state index in [4.69, 9.17) is 10.5 Å². The summed E-state index contributed by atoms with van der Waals surface area (Å²) < 4.78 is 5.81. The van der Waals surface area contributed by atoms with Crippen molar-refractivity contribution in [3.8, 4) is 5.75 Å². The number of hydrogen-bond acceptors (Lipinski definition) is 4. The van der Waals surface area contributed by atoms with Gasteiger partial charge in [-0.25, -0.2) is 0 Å². The van der Waals surface area contributed by atoms with E-state index >= 15 is 0 Å². The van der Waals surface area contributed by atoms with Gasteiger partial charge in [0, 0.05) is 38.3 Å². The molecule has 2 atom stereocenters. The molecule has 21 heavy (non-hydrogen) atoms. The molecule has 1 aromatic carbocycles. The minimum atomic E-state index is 0.194. The van der Waals surface area contributed by atoms with E-state index in [1.165, 1.54) is 5.56 Å². The van der Waals surface area contributed by atoms with Gasteiger partial charge in [-0.05, 0) is 45.5 Å². The number of likely N-dealkylation sites (N-methyl/N-ethyl adjacent to an activating group) is 1. The summed E-state index contributed by atoms with van der Waals surface area (Å²) >= 11 is 0. The molecule has 0 saturated carbocycles. The van der Waals surface area contributed by atoms with Crippen LogP contribution in [0.15, 0.2) is 24.3 Å². The minimum absolute atomic E-state index is 0.194. The molecule has 1 aromatic rings. The van der Waals surface area contributed by atoms with Crippen LogP contribution in [0.1, 0.15) is 32.4 Å². The average Bonchev–Trinajstić information content (AvgIpc) is 2.41. The Kier molecular flexibility index (Phi) is 5.62. The van der Waals surface area contributed by atoms with E-state index in [1.54, 1.807) is 0 Å². The number of nitrogens with two attached hydrogens (primary N) is 1. The topological polar surface area (TPSA) is 41.7 Å². The van der Waals surface area contributed by atoms with Crippen LogP contribution in [0.2, 0.25) is 0 Å². The van der Waals surface area contributed by atoms with Gasteiger partial charge in [0.2, 0.25) is 0 Å². The van der Waals surface area contributed by atoms with E-state index in [1.807, 2.05) is 6.07 Å². The largest absolute Gasteiger partial charge is 0.491 e. The van der Waals surface area contributed by atoms with Crippen molar-refractivity contribution in [1.29, 1.82) is 0 Å². The molecular weight excluding hydrogens is 262 g/mol. The molecule has 1 fully saturated rings. The van der Waals surface area contributed by atoms with Crippen LogP contribution in [0.3, 0.4) is 0 Å². The van der Waals surface area contributed by atoms with E-state index in [9.17, 15) is 0 Å². The third-order valence-corrected chi connectivity index (χ3v) is 4.12. The molecule has 1 aliphatic heterocycles. The van der Waals surface area contributed by atoms with Crippen LogP contribution in [-0.2, 0) is 0 Å². The van der Waals surface area contributed by atoms with Crippen LogP contribution >= 0.6 is 0 Å². The summed E-state index contributed by atoms with van der Waals surface area (Å²) in [6.07, 6.45) is 0.194. The molecule has 2 rings (SSSR count). The van der Waals surface area contributed by atoms with Crippen molar-refractivity contribution in [3.63, 3.8) is 0 Å². The SMILES string of the molecule is CC(C)Oc1cccc(C(CN)N2CCN(C)CC2C)c1. The van der Waals surface area contributed by atoms with Gasteiger partial charge in [0.15, 0.2) is 0 Å². The Morgan fingerprint density at radius 3 is 2.71 bits per heavy atom. The van der Waals surface area contributed by atoms with Crippen molar-refractivity contribution in [2.24, 2.45) is 5.73 Å². The van der Waals surface area contributed by atoms with Crippen LogP contribution < -0.4 is 10.5 Å². The molecule has 0 aromatic heterocycles. The smallest absolute Gasteiger partial charge is 0.120 e. The van der Waals surface area contributed by atoms with Gasteiger partial charge in [-0.15, -0.1) is 0 Å². The summed E-state index contributed by atoms with van der Waals surface area (Å²) in [4.78, 5) is 4.90. The molecule has 0 radical (unpaired) electrons. The van der Waals surface area contributed by atoms with Crippen molar-refractivity contribution in [3.05, 3.63) is 29.8 Å². The predicted molar refractivity (Wildman–Crippen MR) is 87.7 cm³/mol. The Bertz CT molecular complexity index is 449. The number of benzene rings is 1. The molecule has 4 heteroatoms. The number of hydrogen-bond donors (Lipinski definition) is 1. The Morgan fingerprint density at radius 1 is 1.33 bits per heavy atom. The second-order valence-electron chi connectivity index (χ2n) is 6.34. The van der Waals surface area contributed by atoms with Crippen LogP contribution in [-0.4, -0.2) is 55.2 Å². The van der Waals surface area contributed by atoms with E-state index in [2.05, 4.69) is 55.8 Å². The number of rotatable bonds is 5. The first-order valence-electron chi connectivity index (χ1n) is 7.92. The number of piperazine rings is 1. The van der Waals surface area contributed by atoms with Gasteiger partial charge in [0.1, 0.15) is 5.75 Å². The Morgan fingerprint density at radius 2 is 2.10 bits per heavy atom. The predicted octanol–water partition coefficient (Wildman–Crippen LogP) is 2.11. The molecule has 0 aliphatic carbocycles. The third kappa shape index (κ3) is 4.19. The molecule has 0 amide bonds. The van der Waals surface area contributed by atoms with Crippen molar-refractivity contribution < 1.29 is 4.74 Å². The first-order chi connectivity index (χ1) is 10.0. The molecule has 1 aliphatic rings. The zero-order valence-corrected chi connectivity index (χ0v) is 13.7. The number of nitrogens with zero attached hydrogens (tertiary/aromatic N) is 2. The summed E-state index contributed by atoms with van der Waals surface area (Å²) in [7, 11) is 2.18. The second-order valence-corrected chi connectivity index (χ2v) is 6.34. The van der Waals surface area contributed by atoms with E-state index in [0.29, 0.717) is 12.6 Å². The highest BCUT2D eigenvalue weighted by Crippen LogP contribution is 2.27. The summed E-state index contributed by atoms with van der Waals surface area (Å²) in [6, 6.07) is 9.18. The van der Waals surface area contributed by atoms with Crippen molar-refractivity contribution >= 4 is 0 Å². The molecule has 2 unspecified atom stereocenters. The lowest BCUT2D eigenvalue weighted by Gasteiger charge is -2.42. The maximum atomic E-state index is 6.09. The molecule has 2 N–H and O–H groups in total. The van der Waals surface area contributed by atoms with Gasteiger partial charge in [-0.1, -0.05) is 12.1 Å². The average molecular weight is 291 g/mol. The van der Waals surface area contributed by atoms with Gasteiger partial charge < -0.3 is 15.4 Å². The highest BCUT2D eigenvalue weighted by Gasteiger charge is 2.28. The van der Waals surface area contributed by atoms with Gasteiger partial charge in [-0.2, -0.15) is 0 Å². The van der Waals surface area contributed by atoms with Crippen LogP contribution in [0, 0.1) is 0 Å². The highest BCUT2D eigenvalue weighted by molar-refractivity contribution is 5.31. The summed E-state index contributed by atoms with van der Waals surface area (Å²) in [5.41, 5.74) is 7.34. The number of ether oxygens (including phenoxy) is 1. The van der Waals surface area contributed by atoms with E-state index in [0.717, 1.165) is 25.4 Å². The zero-order valence-electron chi connectivity index (χ0n) is 13.7. The maximum Gasteiger partial charge on any atom is 0.120 e. The Hall–Kier alpha value is -1.10. The lowest BCUT2D eigenvalue weighted by atomic mass is 10.0. The molecule has 0 bridgehead atoms. The lowest BCUT2D eigenvalue weighted by molar-refractivity contribution is 0.0634. The highest BCUT2D eigenvalue weighted by atomic mass is 16.5. The lowest BCUT2D eigenvalue weighted by Crippen LogP contribution is -2.52. The normalized spacial score (nSPS) is 22.5. The third-order valence-electron chi connectivity index (χ3n) is 4.12. The Balaban J connectivity index is 2.17. The quantitative estimate of drug-likeness (QED) is 0.902. The summed E-state index contributed by atoms with van der Waals surface area (Å²) in [6.45, 7) is 10.3. The van der Waals surface area contributed by atoms with Crippen LogP contribution in [0.4, 0.5) is 0 Å². The van der Waals surface area contributed by atoms with E-state index < -0.39 is 0 Å². The van der Waals surface area contributed by atoms with Crippen molar-refractivity contribution in [1.82, 2.24) is 9.80 Å². The van der Waals surface area contributed by atoms with Gasteiger partial charge >= 0.3 is 0 Å². The molecule has 1 saturated heterocycles. The summed E-state index contributed by atoms with van der Waals surface area (Å²) in [5.74, 6) is 0.933. The first kappa shape index (κ1) is 16.3. The second kappa shape index (κ2) is 7.25. The molecule has 118 valence electrons.